The third kappa shape index (κ3) is 2.08. The first kappa shape index (κ1) is 9.97. The molecule has 2 N–H and O–H groups in total. The zero-order valence-corrected chi connectivity index (χ0v) is 9.70. The molecule has 0 aliphatic heterocycles. The van der Waals surface area contributed by atoms with Gasteiger partial charge in [0.2, 0.25) is 0 Å². The van der Waals surface area contributed by atoms with Gasteiger partial charge < -0.3 is 5.73 Å². The molecule has 2 atom stereocenters. The Balaban J connectivity index is 2.18. The largest absolute Gasteiger partial charge is 0.383 e. The van der Waals surface area contributed by atoms with Crippen LogP contribution in [-0.4, -0.2) is 9.81 Å². The Hall–Kier alpha value is -0.570. The van der Waals surface area contributed by atoms with Gasteiger partial charge in [0, 0.05) is 11.0 Å². The van der Waals surface area contributed by atoms with Crippen molar-refractivity contribution in [1.29, 1.82) is 0 Å². The lowest BCUT2D eigenvalue weighted by atomic mass is 9.84. The summed E-state index contributed by atoms with van der Waals surface area (Å²) in [5, 5.41) is 0. The van der Waals surface area contributed by atoms with E-state index in [1.165, 1.54) is 31.2 Å². The molecule has 0 amide bonds. The van der Waals surface area contributed by atoms with Crippen LogP contribution in [0.15, 0.2) is 18.3 Å². The number of nitrogens with two attached hydrogens (primary N) is 1. The van der Waals surface area contributed by atoms with Gasteiger partial charge >= 0.3 is 0 Å². The maximum Gasteiger partial charge on any atom is 0.126 e. The van der Waals surface area contributed by atoms with E-state index in [9.17, 15) is 0 Å². The van der Waals surface area contributed by atoms with Crippen LogP contribution in [0.1, 0.15) is 37.2 Å². The van der Waals surface area contributed by atoms with Gasteiger partial charge in [0.25, 0.3) is 0 Å². The number of alkyl halides is 1. The van der Waals surface area contributed by atoms with E-state index in [-0.39, 0.29) is 0 Å². The van der Waals surface area contributed by atoms with E-state index >= 15 is 0 Å². The van der Waals surface area contributed by atoms with Crippen LogP contribution in [0.25, 0.3) is 0 Å². The van der Waals surface area contributed by atoms with Crippen LogP contribution < -0.4 is 5.73 Å². The van der Waals surface area contributed by atoms with Crippen molar-refractivity contribution in [2.45, 2.75) is 36.4 Å². The number of aromatic nitrogens is 1. The maximum absolute atomic E-state index is 5.87. The molecule has 1 aliphatic carbocycles. The number of nitrogens with zero attached hydrogens (tertiary/aromatic N) is 1. The molecule has 2 nitrogen and oxygen atoms in total. The Bertz CT molecular complexity index is 314. The summed E-state index contributed by atoms with van der Waals surface area (Å²) in [5.74, 6) is 1.31. The summed E-state index contributed by atoms with van der Waals surface area (Å²) in [6.45, 7) is 0. The van der Waals surface area contributed by atoms with E-state index < -0.39 is 0 Å². The number of nitrogen functional groups attached to an aromatic ring is 1. The van der Waals surface area contributed by atoms with Gasteiger partial charge in [0.05, 0.1) is 0 Å². The van der Waals surface area contributed by atoms with Gasteiger partial charge in [-0.15, -0.1) is 0 Å². The molecule has 76 valence electrons. The van der Waals surface area contributed by atoms with Gasteiger partial charge in [-0.1, -0.05) is 28.4 Å². The quantitative estimate of drug-likeness (QED) is 0.783. The predicted octanol–water partition coefficient (Wildman–Crippen LogP) is 3.08. The van der Waals surface area contributed by atoms with Gasteiger partial charge in [-0.2, -0.15) is 0 Å². The first-order valence-electron chi connectivity index (χ1n) is 5.12. The van der Waals surface area contributed by atoms with E-state index in [4.69, 9.17) is 5.73 Å². The number of halogens is 1. The predicted molar refractivity (Wildman–Crippen MR) is 62.6 cm³/mol. The topological polar surface area (TPSA) is 38.9 Å². The summed E-state index contributed by atoms with van der Waals surface area (Å²) >= 11 is 3.69. The SMILES string of the molecule is Nc1ncccc1C1CCCC(Br)C1. The fourth-order valence-electron chi connectivity index (χ4n) is 2.19. The zero-order valence-electron chi connectivity index (χ0n) is 8.12. The minimum Gasteiger partial charge on any atom is -0.383 e. The standard InChI is InChI=1S/C11H15BrN2/c12-9-4-1-3-8(7-9)10-5-2-6-14-11(10)13/h2,5-6,8-9H,1,3-4,7H2,(H2,13,14). The maximum atomic E-state index is 5.87. The molecule has 1 fully saturated rings. The third-order valence-corrected chi connectivity index (χ3v) is 3.75. The fraction of sp³-hybridized carbons (Fsp3) is 0.545. The van der Waals surface area contributed by atoms with E-state index in [1.807, 2.05) is 6.07 Å². The molecule has 0 saturated heterocycles. The average Bonchev–Trinajstić information content (AvgIpc) is 2.18. The first-order chi connectivity index (χ1) is 6.77. The summed E-state index contributed by atoms with van der Waals surface area (Å²) in [6.07, 6.45) is 6.77. The lowest BCUT2D eigenvalue weighted by Crippen LogP contribution is -2.15. The number of anilines is 1. The fourth-order valence-corrected chi connectivity index (χ4v) is 2.96. The molecule has 2 unspecified atom stereocenters. The number of hydrogen-bond acceptors (Lipinski definition) is 2. The number of pyridine rings is 1. The van der Waals surface area contributed by atoms with Crippen molar-refractivity contribution in [3.63, 3.8) is 0 Å². The van der Waals surface area contributed by atoms with Crippen molar-refractivity contribution in [3.8, 4) is 0 Å². The van der Waals surface area contributed by atoms with Gasteiger partial charge in [-0.05, 0) is 36.8 Å². The smallest absolute Gasteiger partial charge is 0.126 e. The number of hydrogen-bond donors (Lipinski definition) is 1. The third-order valence-electron chi connectivity index (χ3n) is 2.92. The molecule has 0 radical (unpaired) electrons. The second-order valence-corrected chi connectivity index (χ2v) is 5.23. The van der Waals surface area contributed by atoms with Crippen molar-refractivity contribution < 1.29 is 0 Å². The van der Waals surface area contributed by atoms with E-state index in [1.54, 1.807) is 6.20 Å². The molecule has 1 saturated carbocycles. The highest BCUT2D eigenvalue weighted by Gasteiger charge is 2.22. The summed E-state index contributed by atoms with van der Waals surface area (Å²) < 4.78 is 0. The molecule has 2 rings (SSSR count). The Morgan fingerprint density at radius 3 is 3.00 bits per heavy atom. The zero-order chi connectivity index (χ0) is 9.97. The van der Waals surface area contributed by atoms with E-state index in [2.05, 4.69) is 27.0 Å². The van der Waals surface area contributed by atoms with E-state index in [0.717, 1.165) is 0 Å². The summed E-state index contributed by atoms with van der Waals surface area (Å²) in [6, 6.07) is 4.08. The van der Waals surface area contributed by atoms with Crippen LogP contribution in [0.3, 0.4) is 0 Å². The monoisotopic (exact) mass is 254 g/mol. The van der Waals surface area contributed by atoms with Crippen LogP contribution in [0.4, 0.5) is 5.82 Å². The Morgan fingerprint density at radius 1 is 1.43 bits per heavy atom. The minimum atomic E-state index is 0.599. The Morgan fingerprint density at radius 2 is 2.29 bits per heavy atom. The van der Waals surface area contributed by atoms with Gasteiger partial charge in [0.1, 0.15) is 5.82 Å². The van der Waals surface area contributed by atoms with Crippen molar-refractivity contribution in [3.05, 3.63) is 23.9 Å². The highest BCUT2D eigenvalue weighted by Crippen LogP contribution is 2.37. The van der Waals surface area contributed by atoms with Crippen LogP contribution >= 0.6 is 15.9 Å². The molecular weight excluding hydrogens is 240 g/mol. The summed E-state index contributed by atoms with van der Waals surface area (Å²) in [4.78, 5) is 4.80. The van der Waals surface area contributed by atoms with Crippen LogP contribution in [0.5, 0.6) is 0 Å². The molecule has 1 aromatic rings. The van der Waals surface area contributed by atoms with Gasteiger partial charge in [0.15, 0.2) is 0 Å². The summed E-state index contributed by atoms with van der Waals surface area (Å²) in [7, 11) is 0. The first-order valence-corrected chi connectivity index (χ1v) is 6.03. The van der Waals surface area contributed by atoms with Gasteiger partial charge in [-0.3, -0.25) is 0 Å². The normalized spacial score (nSPS) is 27.5. The molecule has 14 heavy (non-hydrogen) atoms. The highest BCUT2D eigenvalue weighted by molar-refractivity contribution is 9.09. The molecule has 0 bridgehead atoms. The molecule has 0 spiro atoms. The lowest BCUT2D eigenvalue weighted by Gasteiger charge is -2.26. The molecular formula is C11H15BrN2. The molecule has 0 aromatic carbocycles. The highest BCUT2D eigenvalue weighted by atomic mass is 79.9. The average molecular weight is 255 g/mol. The van der Waals surface area contributed by atoms with Crippen molar-refractivity contribution >= 4 is 21.7 Å². The van der Waals surface area contributed by atoms with Crippen LogP contribution in [-0.2, 0) is 0 Å². The molecule has 1 heterocycles. The molecule has 1 aromatic heterocycles. The van der Waals surface area contributed by atoms with Gasteiger partial charge in [-0.25, -0.2) is 4.98 Å². The Labute approximate surface area is 93.0 Å². The number of rotatable bonds is 1. The molecule has 3 heteroatoms. The minimum absolute atomic E-state index is 0.599. The second-order valence-electron chi connectivity index (χ2n) is 3.94. The molecule has 1 aliphatic rings. The van der Waals surface area contributed by atoms with Crippen LogP contribution in [0, 0.1) is 0 Å². The van der Waals surface area contributed by atoms with Crippen molar-refractivity contribution in [2.24, 2.45) is 0 Å². The van der Waals surface area contributed by atoms with Crippen molar-refractivity contribution in [2.75, 3.05) is 5.73 Å². The van der Waals surface area contributed by atoms with Crippen molar-refractivity contribution in [1.82, 2.24) is 4.98 Å². The van der Waals surface area contributed by atoms with E-state index in [0.29, 0.717) is 16.6 Å². The Kier molecular flexibility index (Phi) is 3.06. The second kappa shape index (κ2) is 4.30. The van der Waals surface area contributed by atoms with Crippen LogP contribution in [0.2, 0.25) is 0 Å². The lowest BCUT2D eigenvalue weighted by molar-refractivity contribution is 0.458. The summed E-state index contributed by atoms with van der Waals surface area (Å²) in [5.41, 5.74) is 7.10.